The van der Waals surface area contributed by atoms with Crippen molar-refractivity contribution in [1.29, 1.82) is 0 Å². The van der Waals surface area contributed by atoms with Crippen LogP contribution in [0.25, 0.3) is 0 Å². The molecule has 2 rings (SSSR count). The topological polar surface area (TPSA) is 29.5 Å². The molecule has 1 saturated heterocycles. The number of hydrogen-bond acceptors (Lipinski definition) is 3. The third-order valence-corrected chi connectivity index (χ3v) is 3.14. The van der Waals surface area contributed by atoms with Gasteiger partial charge in [-0.25, -0.2) is 0 Å². The van der Waals surface area contributed by atoms with Crippen molar-refractivity contribution in [2.75, 3.05) is 11.5 Å². The van der Waals surface area contributed by atoms with E-state index in [0.29, 0.717) is 6.10 Å². The number of benzene rings is 1. The summed E-state index contributed by atoms with van der Waals surface area (Å²) in [6.45, 7) is 0. The fraction of sp³-hybridized carbons (Fsp3) is 0.400. The van der Waals surface area contributed by atoms with Gasteiger partial charge in [0.15, 0.2) is 0 Å². The van der Waals surface area contributed by atoms with Crippen molar-refractivity contribution in [3.63, 3.8) is 0 Å². The lowest BCUT2D eigenvalue weighted by molar-refractivity contribution is 0.228. The van der Waals surface area contributed by atoms with E-state index in [4.69, 9.17) is 4.74 Å². The van der Waals surface area contributed by atoms with E-state index in [2.05, 4.69) is 0 Å². The number of hydrogen-bond donors (Lipinski definition) is 1. The smallest absolute Gasteiger partial charge is 0.123 e. The second-order valence-corrected chi connectivity index (χ2v) is 4.25. The quantitative estimate of drug-likeness (QED) is 0.787. The van der Waals surface area contributed by atoms with Crippen LogP contribution in [0.1, 0.15) is 6.42 Å². The number of rotatable bonds is 2. The molecule has 1 fully saturated rings. The van der Waals surface area contributed by atoms with E-state index in [1.54, 1.807) is 18.2 Å². The molecule has 0 saturated carbocycles. The lowest BCUT2D eigenvalue weighted by Gasteiger charge is -2.11. The number of aromatic hydroxyl groups is 1. The van der Waals surface area contributed by atoms with E-state index in [1.165, 1.54) is 5.75 Å². The maximum atomic E-state index is 9.20. The largest absolute Gasteiger partial charge is 0.508 e. The average molecular weight is 196 g/mol. The Morgan fingerprint density at radius 3 is 3.08 bits per heavy atom. The van der Waals surface area contributed by atoms with Gasteiger partial charge >= 0.3 is 0 Å². The minimum Gasteiger partial charge on any atom is -0.508 e. The van der Waals surface area contributed by atoms with Gasteiger partial charge in [-0.3, -0.25) is 0 Å². The van der Waals surface area contributed by atoms with Crippen LogP contribution in [0.15, 0.2) is 24.3 Å². The first-order valence-electron chi connectivity index (χ1n) is 4.38. The standard InChI is InChI=1S/C10H12O2S/c11-8-2-1-3-9(6-8)12-10-4-5-13-7-10/h1-3,6,10-11H,4-5,7H2. The highest BCUT2D eigenvalue weighted by Crippen LogP contribution is 2.24. The number of phenolic OH excluding ortho intramolecular Hbond substituents is 1. The molecule has 1 atom stereocenters. The molecule has 1 N–H and O–H groups in total. The van der Waals surface area contributed by atoms with Crippen LogP contribution < -0.4 is 4.74 Å². The van der Waals surface area contributed by atoms with Crippen molar-refractivity contribution in [2.45, 2.75) is 12.5 Å². The third kappa shape index (κ3) is 2.31. The van der Waals surface area contributed by atoms with Crippen LogP contribution in [0.4, 0.5) is 0 Å². The lowest BCUT2D eigenvalue weighted by Crippen LogP contribution is -2.14. The summed E-state index contributed by atoms with van der Waals surface area (Å²) in [5, 5.41) is 9.20. The monoisotopic (exact) mass is 196 g/mol. The van der Waals surface area contributed by atoms with Gasteiger partial charge in [-0.1, -0.05) is 6.07 Å². The first-order valence-corrected chi connectivity index (χ1v) is 5.53. The fourth-order valence-electron chi connectivity index (χ4n) is 1.36. The second-order valence-electron chi connectivity index (χ2n) is 3.10. The molecule has 1 aromatic carbocycles. The van der Waals surface area contributed by atoms with Gasteiger partial charge in [-0.05, 0) is 24.3 Å². The summed E-state index contributed by atoms with van der Waals surface area (Å²) < 4.78 is 5.68. The lowest BCUT2D eigenvalue weighted by atomic mass is 10.3. The molecule has 3 heteroatoms. The van der Waals surface area contributed by atoms with Gasteiger partial charge in [0.2, 0.25) is 0 Å². The summed E-state index contributed by atoms with van der Waals surface area (Å²) in [5.74, 6) is 3.29. The van der Waals surface area contributed by atoms with Crippen molar-refractivity contribution in [3.05, 3.63) is 24.3 Å². The maximum Gasteiger partial charge on any atom is 0.123 e. The molecule has 1 aliphatic rings. The van der Waals surface area contributed by atoms with Crippen molar-refractivity contribution >= 4 is 11.8 Å². The van der Waals surface area contributed by atoms with Crippen molar-refractivity contribution in [3.8, 4) is 11.5 Å². The summed E-state index contributed by atoms with van der Waals surface area (Å²) in [6.07, 6.45) is 1.44. The molecular weight excluding hydrogens is 184 g/mol. The van der Waals surface area contributed by atoms with Crippen LogP contribution in [-0.2, 0) is 0 Å². The van der Waals surface area contributed by atoms with Crippen molar-refractivity contribution in [2.24, 2.45) is 0 Å². The van der Waals surface area contributed by atoms with Crippen LogP contribution in [0.2, 0.25) is 0 Å². The molecule has 13 heavy (non-hydrogen) atoms. The fourth-order valence-corrected chi connectivity index (χ4v) is 2.45. The van der Waals surface area contributed by atoms with Crippen LogP contribution >= 0.6 is 11.8 Å². The van der Waals surface area contributed by atoms with E-state index < -0.39 is 0 Å². The number of thioether (sulfide) groups is 1. The van der Waals surface area contributed by atoms with Gasteiger partial charge < -0.3 is 9.84 Å². The molecule has 0 spiro atoms. The third-order valence-electron chi connectivity index (χ3n) is 2.01. The van der Waals surface area contributed by atoms with E-state index in [9.17, 15) is 5.11 Å². The highest BCUT2D eigenvalue weighted by molar-refractivity contribution is 7.99. The minimum absolute atomic E-state index is 0.267. The Kier molecular flexibility index (Phi) is 2.64. The van der Waals surface area contributed by atoms with Gasteiger partial charge in [0.05, 0.1) is 0 Å². The Balaban J connectivity index is 2.00. The zero-order valence-corrected chi connectivity index (χ0v) is 8.09. The van der Waals surface area contributed by atoms with E-state index in [-0.39, 0.29) is 5.75 Å². The predicted molar refractivity (Wildman–Crippen MR) is 54.5 cm³/mol. The van der Waals surface area contributed by atoms with E-state index in [0.717, 1.165) is 17.9 Å². The number of ether oxygens (including phenoxy) is 1. The van der Waals surface area contributed by atoms with Gasteiger partial charge in [0.25, 0.3) is 0 Å². The number of phenols is 1. The molecule has 0 aromatic heterocycles. The molecule has 1 aromatic rings. The van der Waals surface area contributed by atoms with E-state index in [1.807, 2.05) is 17.8 Å². The zero-order valence-electron chi connectivity index (χ0n) is 7.27. The predicted octanol–water partition coefficient (Wildman–Crippen LogP) is 2.28. The summed E-state index contributed by atoms with van der Waals surface area (Å²) in [5.41, 5.74) is 0. The van der Waals surface area contributed by atoms with Gasteiger partial charge in [-0.15, -0.1) is 0 Å². The molecule has 1 unspecified atom stereocenters. The molecule has 0 amide bonds. The van der Waals surface area contributed by atoms with Crippen molar-refractivity contribution < 1.29 is 9.84 Å². The second kappa shape index (κ2) is 3.92. The molecule has 0 bridgehead atoms. The summed E-state index contributed by atoms with van der Waals surface area (Å²) in [6, 6.07) is 6.98. The summed E-state index contributed by atoms with van der Waals surface area (Å²) in [4.78, 5) is 0. The highest BCUT2D eigenvalue weighted by atomic mass is 32.2. The molecule has 1 heterocycles. The Labute approximate surface area is 81.9 Å². The minimum atomic E-state index is 0.267. The first-order chi connectivity index (χ1) is 6.34. The Bertz CT molecular complexity index is 282. The van der Waals surface area contributed by atoms with E-state index >= 15 is 0 Å². The van der Waals surface area contributed by atoms with Gasteiger partial charge in [-0.2, -0.15) is 11.8 Å². The molecule has 1 aliphatic heterocycles. The molecular formula is C10H12O2S. The molecule has 0 aliphatic carbocycles. The van der Waals surface area contributed by atoms with Crippen LogP contribution in [0.3, 0.4) is 0 Å². The van der Waals surface area contributed by atoms with Gasteiger partial charge in [0.1, 0.15) is 17.6 Å². The molecule has 0 radical (unpaired) electrons. The Morgan fingerprint density at radius 2 is 2.38 bits per heavy atom. The maximum absolute atomic E-state index is 9.20. The highest BCUT2D eigenvalue weighted by Gasteiger charge is 2.16. The van der Waals surface area contributed by atoms with Crippen LogP contribution in [0.5, 0.6) is 11.5 Å². The molecule has 2 nitrogen and oxygen atoms in total. The van der Waals surface area contributed by atoms with Crippen LogP contribution in [0, 0.1) is 0 Å². The van der Waals surface area contributed by atoms with Gasteiger partial charge in [0, 0.05) is 11.8 Å². The zero-order chi connectivity index (χ0) is 9.10. The van der Waals surface area contributed by atoms with Crippen molar-refractivity contribution in [1.82, 2.24) is 0 Å². The molecule has 70 valence electrons. The SMILES string of the molecule is Oc1cccc(OC2CCSC2)c1. The first kappa shape index (κ1) is 8.75. The summed E-state index contributed by atoms with van der Waals surface area (Å²) >= 11 is 1.92. The Morgan fingerprint density at radius 1 is 1.46 bits per heavy atom. The average Bonchev–Trinajstić information content (AvgIpc) is 2.57. The Hall–Kier alpha value is -0.830. The van der Waals surface area contributed by atoms with Crippen LogP contribution in [-0.4, -0.2) is 22.7 Å². The normalized spacial score (nSPS) is 21.7. The summed E-state index contributed by atoms with van der Waals surface area (Å²) in [7, 11) is 0.